The van der Waals surface area contributed by atoms with Gasteiger partial charge in [-0.3, -0.25) is 4.99 Å². The molecular weight excluding hydrogens is 365 g/mol. The topological polar surface area (TPSA) is 45.7 Å². The maximum atomic E-state index is 5.88. The Hall–Kier alpha value is -0.980. The molecule has 1 heterocycles. The highest BCUT2D eigenvalue weighted by Gasteiger charge is 2.22. The Morgan fingerprint density at radius 2 is 2.15 bits per heavy atom. The molecule has 1 unspecified atom stereocenters. The zero-order valence-corrected chi connectivity index (χ0v) is 14.5. The highest BCUT2D eigenvalue weighted by molar-refractivity contribution is 14.0. The highest BCUT2D eigenvalue weighted by Crippen LogP contribution is 2.27. The van der Waals surface area contributed by atoms with Gasteiger partial charge in [-0.15, -0.1) is 24.0 Å². The molecule has 1 aromatic rings. The predicted octanol–water partition coefficient (Wildman–Crippen LogP) is 2.57. The zero-order valence-electron chi connectivity index (χ0n) is 12.2. The van der Waals surface area contributed by atoms with Gasteiger partial charge in [-0.25, -0.2) is 0 Å². The first-order chi connectivity index (χ1) is 9.33. The molecule has 0 fully saturated rings. The molecule has 5 heteroatoms. The van der Waals surface area contributed by atoms with Crippen LogP contribution in [0.4, 0.5) is 0 Å². The molecule has 1 atom stereocenters. The number of benzene rings is 1. The van der Waals surface area contributed by atoms with E-state index in [0.29, 0.717) is 0 Å². The van der Waals surface area contributed by atoms with E-state index < -0.39 is 0 Å². The second-order valence-electron chi connectivity index (χ2n) is 4.79. The van der Waals surface area contributed by atoms with Crippen molar-refractivity contribution in [2.75, 3.05) is 20.1 Å². The molecule has 112 valence electrons. The van der Waals surface area contributed by atoms with E-state index in [4.69, 9.17) is 4.74 Å². The van der Waals surface area contributed by atoms with Gasteiger partial charge in [0.05, 0.1) is 6.54 Å². The molecule has 1 aliphatic rings. The molecule has 0 bridgehead atoms. The first kappa shape index (κ1) is 17.1. The lowest BCUT2D eigenvalue weighted by Gasteiger charge is -2.15. The average molecular weight is 389 g/mol. The first-order valence-corrected chi connectivity index (χ1v) is 7.02. The molecule has 0 saturated heterocycles. The Balaban J connectivity index is 0.00000200. The molecule has 0 spiro atoms. The van der Waals surface area contributed by atoms with E-state index in [1.807, 2.05) is 12.1 Å². The third kappa shape index (κ3) is 4.85. The van der Waals surface area contributed by atoms with Crippen molar-refractivity contribution in [2.45, 2.75) is 32.3 Å². The number of unbranched alkanes of at least 4 members (excludes halogenated alkanes) is 1. The normalized spacial score (nSPS) is 16.9. The van der Waals surface area contributed by atoms with E-state index >= 15 is 0 Å². The van der Waals surface area contributed by atoms with E-state index in [0.717, 1.165) is 37.6 Å². The van der Waals surface area contributed by atoms with Crippen LogP contribution in [0.5, 0.6) is 5.75 Å². The van der Waals surface area contributed by atoms with Crippen molar-refractivity contribution in [3.63, 3.8) is 0 Å². The number of hydrogen-bond acceptors (Lipinski definition) is 2. The van der Waals surface area contributed by atoms with Gasteiger partial charge in [0.1, 0.15) is 11.9 Å². The number of halogens is 1. The largest absolute Gasteiger partial charge is 0.488 e. The average Bonchev–Trinajstić information content (AvgIpc) is 2.85. The van der Waals surface area contributed by atoms with E-state index in [1.165, 1.54) is 12.0 Å². The smallest absolute Gasteiger partial charge is 0.191 e. The van der Waals surface area contributed by atoms with Crippen molar-refractivity contribution in [2.24, 2.45) is 4.99 Å². The number of para-hydroxylation sites is 1. The fraction of sp³-hybridized carbons (Fsp3) is 0.533. The molecule has 0 aliphatic carbocycles. The number of ether oxygens (including phenoxy) is 1. The maximum absolute atomic E-state index is 5.88. The number of guanidine groups is 1. The van der Waals surface area contributed by atoms with Crippen molar-refractivity contribution in [3.05, 3.63) is 29.8 Å². The number of rotatable bonds is 5. The lowest BCUT2D eigenvalue weighted by atomic mass is 10.1. The maximum Gasteiger partial charge on any atom is 0.191 e. The molecule has 0 radical (unpaired) electrons. The second kappa shape index (κ2) is 9.05. The van der Waals surface area contributed by atoms with Gasteiger partial charge in [0, 0.05) is 20.0 Å². The summed E-state index contributed by atoms with van der Waals surface area (Å²) in [4.78, 5) is 4.21. The van der Waals surface area contributed by atoms with E-state index in [9.17, 15) is 0 Å². The Kier molecular flexibility index (Phi) is 7.72. The van der Waals surface area contributed by atoms with Gasteiger partial charge in [0.25, 0.3) is 0 Å². The summed E-state index contributed by atoms with van der Waals surface area (Å²) >= 11 is 0. The minimum absolute atomic E-state index is 0. The van der Waals surface area contributed by atoms with Crippen molar-refractivity contribution >= 4 is 29.9 Å². The Labute approximate surface area is 138 Å². The molecule has 2 N–H and O–H groups in total. The van der Waals surface area contributed by atoms with Crippen LogP contribution in [0.25, 0.3) is 0 Å². The Bertz CT molecular complexity index is 412. The standard InChI is InChI=1S/C15H23N3O.HI/c1-3-4-9-17-15(16-2)18-11-13-10-12-7-5-6-8-14(12)19-13;/h5-8,13H,3-4,9-11H2,1-2H3,(H2,16,17,18);1H. The molecular formula is C15H24IN3O. The summed E-state index contributed by atoms with van der Waals surface area (Å²) in [5.41, 5.74) is 1.29. The van der Waals surface area contributed by atoms with Crippen molar-refractivity contribution in [3.8, 4) is 5.75 Å². The molecule has 1 aromatic carbocycles. The van der Waals surface area contributed by atoms with Crippen LogP contribution >= 0.6 is 24.0 Å². The van der Waals surface area contributed by atoms with E-state index in [2.05, 4.69) is 34.7 Å². The summed E-state index contributed by atoms with van der Waals surface area (Å²) < 4.78 is 5.88. The SMILES string of the molecule is CCCCNC(=NC)NCC1Cc2ccccc2O1.I. The lowest BCUT2D eigenvalue weighted by molar-refractivity contribution is 0.235. The molecule has 1 aliphatic heterocycles. The number of nitrogens with zero attached hydrogens (tertiary/aromatic N) is 1. The van der Waals surface area contributed by atoms with Crippen LogP contribution < -0.4 is 15.4 Å². The number of aliphatic imine (C=N–C) groups is 1. The Morgan fingerprint density at radius 3 is 2.85 bits per heavy atom. The van der Waals surface area contributed by atoms with Gasteiger partial charge < -0.3 is 15.4 Å². The third-order valence-electron chi connectivity index (χ3n) is 3.26. The van der Waals surface area contributed by atoms with Crippen LogP contribution in [0, 0.1) is 0 Å². The summed E-state index contributed by atoms with van der Waals surface area (Å²) in [5, 5.41) is 6.62. The van der Waals surface area contributed by atoms with Crippen LogP contribution in [-0.2, 0) is 6.42 Å². The monoisotopic (exact) mass is 389 g/mol. The molecule has 4 nitrogen and oxygen atoms in total. The van der Waals surface area contributed by atoms with Gasteiger partial charge >= 0.3 is 0 Å². The van der Waals surface area contributed by atoms with Gasteiger partial charge in [0.2, 0.25) is 0 Å². The van der Waals surface area contributed by atoms with Crippen LogP contribution in [-0.4, -0.2) is 32.2 Å². The van der Waals surface area contributed by atoms with Crippen LogP contribution in [0.1, 0.15) is 25.3 Å². The summed E-state index contributed by atoms with van der Waals surface area (Å²) in [6, 6.07) is 8.23. The van der Waals surface area contributed by atoms with Gasteiger partial charge in [-0.05, 0) is 18.1 Å². The van der Waals surface area contributed by atoms with Gasteiger partial charge in [-0.2, -0.15) is 0 Å². The van der Waals surface area contributed by atoms with E-state index in [-0.39, 0.29) is 30.1 Å². The number of fused-ring (bicyclic) bond motifs is 1. The van der Waals surface area contributed by atoms with Crippen LogP contribution in [0.15, 0.2) is 29.3 Å². The highest BCUT2D eigenvalue weighted by atomic mass is 127. The zero-order chi connectivity index (χ0) is 13.5. The number of hydrogen-bond donors (Lipinski definition) is 2. The fourth-order valence-electron chi connectivity index (χ4n) is 2.18. The molecule has 2 rings (SSSR count). The summed E-state index contributed by atoms with van der Waals surface area (Å²) in [6.07, 6.45) is 3.51. The van der Waals surface area contributed by atoms with E-state index in [1.54, 1.807) is 7.05 Å². The summed E-state index contributed by atoms with van der Waals surface area (Å²) in [7, 11) is 1.80. The molecule has 0 amide bonds. The summed E-state index contributed by atoms with van der Waals surface area (Å²) in [6.45, 7) is 3.92. The number of nitrogens with one attached hydrogen (secondary N) is 2. The minimum atomic E-state index is 0. The van der Waals surface area contributed by atoms with Crippen molar-refractivity contribution in [1.29, 1.82) is 0 Å². The van der Waals surface area contributed by atoms with Crippen LogP contribution in [0.3, 0.4) is 0 Å². The molecule has 20 heavy (non-hydrogen) atoms. The third-order valence-corrected chi connectivity index (χ3v) is 3.26. The van der Waals surface area contributed by atoms with Crippen molar-refractivity contribution in [1.82, 2.24) is 10.6 Å². The quantitative estimate of drug-likeness (QED) is 0.352. The lowest BCUT2D eigenvalue weighted by Crippen LogP contribution is -2.42. The first-order valence-electron chi connectivity index (χ1n) is 7.02. The fourth-order valence-corrected chi connectivity index (χ4v) is 2.18. The summed E-state index contributed by atoms with van der Waals surface area (Å²) in [5.74, 6) is 1.87. The minimum Gasteiger partial charge on any atom is -0.488 e. The van der Waals surface area contributed by atoms with Crippen LogP contribution in [0.2, 0.25) is 0 Å². The second-order valence-corrected chi connectivity index (χ2v) is 4.79. The Morgan fingerprint density at radius 1 is 1.35 bits per heavy atom. The van der Waals surface area contributed by atoms with Crippen molar-refractivity contribution < 1.29 is 4.74 Å². The molecule has 0 aromatic heterocycles. The van der Waals surface area contributed by atoms with Gasteiger partial charge in [0.15, 0.2) is 5.96 Å². The van der Waals surface area contributed by atoms with Gasteiger partial charge in [-0.1, -0.05) is 31.5 Å². The predicted molar refractivity (Wildman–Crippen MR) is 94.2 cm³/mol. The molecule has 0 saturated carbocycles.